The van der Waals surface area contributed by atoms with Crippen LogP contribution in [-0.2, 0) is 6.42 Å². The molecule has 1 aromatic carbocycles. The Hall–Kier alpha value is -1.84. The molecule has 1 aliphatic carbocycles. The molecule has 4 nitrogen and oxygen atoms in total. The van der Waals surface area contributed by atoms with Gasteiger partial charge in [-0.3, -0.25) is 0 Å². The first-order chi connectivity index (χ1) is 10.1. The average molecular weight is 286 g/mol. The quantitative estimate of drug-likeness (QED) is 0.926. The molecule has 4 heteroatoms. The van der Waals surface area contributed by atoms with Gasteiger partial charge in [-0.15, -0.1) is 0 Å². The molecule has 1 heterocycles. The van der Waals surface area contributed by atoms with Crippen molar-refractivity contribution in [3.63, 3.8) is 0 Å². The molecule has 0 bridgehead atoms. The van der Waals surface area contributed by atoms with E-state index in [1.807, 2.05) is 6.07 Å². The highest BCUT2D eigenvalue weighted by Crippen LogP contribution is 2.35. The number of aromatic nitrogens is 2. The summed E-state index contributed by atoms with van der Waals surface area (Å²) in [6.07, 6.45) is 5.69. The van der Waals surface area contributed by atoms with Gasteiger partial charge in [-0.1, -0.05) is 13.8 Å². The van der Waals surface area contributed by atoms with Crippen LogP contribution in [0.3, 0.4) is 0 Å². The van der Waals surface area contributed by atoms with Gasteiger partial charge < -0.3 is 9.67 Å². The summed E-state index contributed by atoms with van der Waals surface area (Å²) in [6.45, 7) is 4.42. The molecule has 0 saturated heterocycles. The molecule has 0 aliphatic heterocycles. The van der Waals surface area contributed by atoms with Crippen molar-refractivity contribution < 1.29 is 9.90 Å². The van der Waals surface area contributed by atoms with Gasteiger partial charge in [0.15, 0.2) is 0 Å². The maximum absolute atomic E-state index is 11.2. The predicted molar refractivity (Wildman–Crippen MR) is 82.7 cm³/mol. The van der Waals surface area contributed by atoms with Crippen molar-refractivity contribution >= 4 is 17.0 Å². The lowest BCUT2D eigenvalue weighted by Gasteiger charge is -2.29. The Balaban J connectivity index is 2.09. The third kappa shape index (κ3) is 2.55. The molecular weight excluding hydrogens is 264 g/mol. The number of aryl methyl sites for hydroxylation is 1. The number of carbonyl (C=O) groups is 1. The minimum atomic E-state index is -0.875. The first-order valence-electron chi connectivity index (χ1n) is 7.84. The van der Waals surface area contributed by atoms with Gasteiger partial charge >= 0.3 is 5.97 Å². The van der Waals surface area contributed by atoms with Crippen LogP contribution in [0.4, 0.5) is 0 Å². The minimum Gasteiger partial charge on any atom is -0.478 e. The maximum Gasteiger partial charge on any atom is 0.335 e. The van der Waals surface area contributed by atoms with Crippen LogP contribution in [0.5, 0.6) is 0 Å². The van der Waals surface area contributed by atoms with Crippen LogP contribution < -0.4 is 0 Å². The summed E-state index contributed by atoms with van der Waals surface area (Å²) in [5, 5.41) is 9.21. The Morgan fingerprint density at radius 1 is 1.33 bits per heavy atom. The van der Waals surface area contributed by atoms with Crippen LogP contribution in [0, 0.1) is 5.92 Å². The number of rotatable bonds is 3. The normalized spacial score (nSPS) is 22.6. The molecule has 0 radical (unpaired) electrons. The molecule has 0 spiro atoms. The van der Waals surface area contributed by atoms with Crippen LogP contribution >= 0.6 is 0 Å². The standard InChI is InChI=1S/C17H22N2O2/c1-3-16-18-14-9-6-12(17(20)21)10-15(14)19(16)13-7-4-11(2)5-8-13/h6,9-11,13H,3-5,7-8H2,1-2H3,(H,20,21). The summed E-state index contributed by atoms with van der Waals surface area (Å²) in [4.78, 5) is 15.9. The van der Waals surface area contributed by atoms with E-state index in [1.165, 1.54) is 12.8 Å². The molecule has 2 aromatic rings. The van der Waals surface area contributed by atoms with Gasteiger partial charge in [0.25, 0.3) is 0 Å². The monoisotopic (exact) mass is 286 g/mol. The number of hydrogen-bond donors (Lipinski definition) is 1. The number of hydrogen-bond acceptors (Lipinski definition) is 2. The van der Waals surface area contributed by atoms with Gasteiger partial charge in [-0.25, -0.2) is 9.78 Å². The summed E-state index contributed by atoms with van der Waals surface area (Å²) < 4.78 is 2.30. The van der Waals surface area contributed by atoms with E-state index in [-0.39, 0.29) is 0 Å². The second-order valence-corrected chi connectivity index (χ2v) is 6.17. The fourth-order valence-corrected chi connectivity index (χ4v) is 3.43. The third-order valence-electron chi connectivity index (χ3n) is 4.68. The zero-order valence-corrected chi connectivity index (χ0v) is 12.7. The molecule has 1 N–H and O–H groups in total. The lowest BCUT2D eigenvalue weighted by Crippen LogP contribution is -2.18. The van der Waals surface area contributed by atoms with Gasteiger partial charge in [0.2, 0.25) is 0 Å². The van der Waals surface area contributed by atoms with Crippen molar-refractivity contribution in [2.45, 2.75) is 52.0 Å². The second-order valence-electron chi connectivity index (χ2n) is 6.17. The number of aromatic carboxylic acids is 1. The highest BCUT2D eigenvalue weighted by Gasteiger charge is 2.23. The summed E-state index contributed by atoms with van der Waals surface area (Å²) in [6, 6.07) is 5.72. The van der Waals surface area contributed by atoms with Crippen LogP contribution in [0.15, 0.2) is 18.2 Å². The van der Waals surface area contributed by atoms with E-state index in [9.17, 15) is 9.90 Å². The number of benzene rings is 1. The minimum absolute atomic E-state index is 0.343. The number of fused-ring (bicyclic) bond motifs is 1. The van der Waals surface area contributed by atoms with E-state index in [1.54, 1.807) is 12.1 Å². The topological polar surface area (TPSA) is 55.1 Å². The van der Waals surface area contributed by atoms with Crippen molar-refractivity contribution in [2.24, 2.45) is 5.92 Å². The van der Waals surface area contributed by atoms with Gasteiger partial charge in [-0.05, 0) is 49.8 Å². The first kappa shape index (κ1) is 14.1. The molecule has 3 rings (SSSR count). The molecule has 1 fully saturated rings. The van der Waals surface area contributed by atoms with E-state index in [0.29, 0.717) is 11.6 Å². The predicted octanol–water partition coefficient (Wildman–Crippen LogP) is 4.05. The number of carboxylic acid groups (broad SMARTS) is 1. The lowest BCUT2D eigenvalue weighted by molar-refractivity contribution is 0.0697. The number of carboxylic acids is 1. The molecule has 112 valence electrons. The summed E-state index contributed by atoms with van der Waals surface area (Å²) in [5.74, 6) is 1.00. The number of nitrogens with zero attached hydrogens (tertiary/aromatic N) is 2. The van der Waals surface area contributed by atoms with Crippen molar-refractivity contribution in [3.8, 4) is 0 Å². The van der Waals surface area contributed by atoms with Gasteiger partial charge in [-0.2, -0.15) is 0 Å². The van der Waals surface area contributed by atoms with Gasteiger partial charge in [0, 0.05) is 12.5 Å². The highest BCUT2D eigenvalue weighted by molar-refractivity contribution is 5.92. The smallest absolute Gasteiger partial charge is 0.335 e. The SMILES string of the molecule is CCc1nc2ccc(C(=O)O)cc2n1C1CCC(C)CC1. The summed E-state index contributed by atoms with van der Waals surface area (Å²) in [7, 11) is 0. The van der Waals surface area contributed by atoms with Crippen molar-refractivity contribution in [1.82, 2.24) is 9.55 Å². The van der Waals surface area contributed by atoms with Crippen LogP contribution in [0.1, 0.15) is 61.8 Å². The van der Waals surface area contributed by atoms with E-state index in [0.717, 1.165) is 42.0 Å². The maximum atomic E-state index is 11.2. The third-order valence-corrected chi connectivity index (χ3v) is 4.68. The van der Waals surface area contributed by atoms with Crippen LogP contribution in [0.25, 0.3) is 11.0 Å². The van der Waals surface area contributed by atoms with Crippen LogP contribution in [0.2, 0.25) is 0 Å². The highest BCUT2D eigenvalue weighted by atomic mass is 16.4. The zero-order chi connectivity index (χ0) is 15.0. The fraction of sp³-hybridized carbons (Fsp3) is 0.529. The summed E-state index contributed by atoms with van der Waals surface area (Å²) >= 11 is 0. The molecule has 1 aromatic heterocycles. The molecule has 21 heavy (non-hydrogen) atoms. The lowest BCUT2D eigenvalue weighted by atomic mass is 9.87. The Morgan fingerprint density at radius 2 is 2.05 bits per heavy atom. The fourth-order valence-electron chi connectivity index (χ4n) is 3.43. The average Bonchev–Trinajstić information content (AvgIpc) is 2.85. The van der Waals surface area contributed by atoms with Gasteiger partial charge in [0.1, 0.15) is 5.82 Å². The Bertz CT molecular complexity index is 667. The van der Waals surface area contributed by atoms with E-state index >= 15 is 0 Å². The largest absolute Gasteiger partial charge is 0.478 e. The molecule has 1 aliphatic rings. The van der Waals surface area contributed by atoms with Crippen molar-refractivity contribution in [2.75, 3.05) is 0 Å². The van der Waals surface area contributed by atoms with E-state index < -0.39 is 5.97 Å². The zero-order valence-electron chi connectivity index (χ0n) is 12.7. The first-order valence-corrected chi connectivity index (χ1v) is 7.84. The molecule has 0 atom stereocenters. The summed E-state index contributed by atoms with van der Waals surface area (Å²) in [5.41, 5.74) is 2.23. The molecule has 0 amide bonds. The molecular formula is C17H22N2O2. The van der Waals surface area contributed by atoms with Crippen molar-refractivity contribution in [3.05, 3.63) is 29.6 Å². The Morgan fingerprint density at radius 3 is 2.67 bits per heavy atom. The van der Waals surface area contributed by atoms with Gasteiger partial charge in [0.05, 0.1) is 16.6 Å². The Kier molecular flexibility index (Phi) is 3.70. The number of imidazole rings is 1. The van der Waals surface area contributed by atoms with Crippen molar-refractivity contribution in [1.29, 1.82) is 0 Å². The molecule has 1 saturated carbocycles. The van der Waals surface area contributed by atoms with E-state index in [4.69, 9.17) is 4.98 Å². The van der Waals surface area contributed by atoms with Crippen LogP contribution in [-0.4, -0.2) is 20.6 Å². The Labute approximate surface area is 124 Å². The second kappa shape index (κ2) is 5.51. The molecule has 0 unspecified atom stereocenters. The van der Waals surface area contributed by atoms with E-state index in [2.05, 4.69) is 18.4 Å².